The molecule has 708 valence electrons. The van der Waals surface area contributed by atoms with E-state index in [4.69, 9.17) is 68.2 Å². The highest BCUT2D eigenvalue weighted by Crippen LogP contribution is 2.56. The fraction of sp³-hybridized carbons (Fsp3) is 0.515. The van der Waals surface area contributed by atoms with Crippen LogP contribution in [-0.4, -0.2) is 126 Å². The van der Waals surface area contributed by atoms with Crippen LogP contribution >= 0.6 is 31.9 Å². The highest BCUT2D eigenvalue weighted by molar-refractivity contribution is 9.11. The minimum atomic E-state index is -4.67. The van der Waals surface area contributed by atoms with Crippen molar-refractivity contribution in [3.05, 3.63) is 206 Å². The monoisotopic (exact) mass is 1940 g/mol. The van der Waals surface area contributed by atoms with Gasteiger partial charge in [-0.2, -0.15) is 13.2 Å². The molecule has 24 nitrogen and oxygen atoms in total. The number of carboxylic acid groups (broad SMARTS) is 5. The number of hydrogen-bond acceptors (Lipinski definition) is 18. The lowest BCUT2D eigenvalue weighted by Gasteiger charge is -2.43. The van der Waals surface area contributed by atoms with Crippen LogP contribution in [0, 0.1) is 10.1 Å². The minimum Gasteiger partial charge on any atom is -0.488 e. The molecule has 0 fully saturated rings. The van der Waals surface area contributed by atoms with Crippen molar-refractivity contribution in [2.24, 2.45) is 0 Å². The van der Waals surface area contributed by atoms with E-state index in [0.717, 1.165) is 99.2 Å². The maximum atomic E-state index is 13.2. The summed E-state index contributed by atoms with van der Waals surface area (Å²) in [7, 11) is 2.78. The van der Waals surface area contributed by atoms with Crippen LogP contribution in [-0.2, 0) is 53.6 Å². The lowest BCUT2D eigenvalue weighted by molar-refractivity contribution is -0.386. The van der Waals surface area contributed by atoms with E-state index >= 15 is 0 Å². The van der Waals surface area contributed by atoms with E-state index in [2.05, 4.69) is 170 Å². The van der Waals surface area contributed by atoms with E-state index in [0.29, 0.717) is 51.2 Å². The van der Waals surface area contributed by atoms with E-state index in [1.807, 2.05) is 45.9 Å². The predicted molar refractivity (Wildman–Crippen MR) is 496 cm³/mol. The Morgan fingerprint density at radius 3 is 0.838 bits per heavy atom. The van der Waals surface area contributed by atoms with Gasteiger partial charge in [0.15, 0.2) is 0 Å². The molecule has 0 amide bonds. The summed E-state index contributed by atoms with van der Waals surface area (Å²) in [5, 5.41) is 56.5. The number of halogens is 5. The van der Waals surface area contributed by atoms with Crippen molar-refractivity contribution < 1.29 is 120 Å². The normalized spacial score (nSPS) is 19.6. The van der Waals surface area contributed by atoms with Gasteiger partial charge in [0.05, 0.1) is 72.6 Å². The summed E-state index contributed by atoms with van der Waals surface area (Å²) in [6, 6.07) is 27.1. The molecule has 0 saturated carbocycles. The number of carbonyl (C=O) groups excluding carboxylic acids is 2. The lowest BCUT2D eigenvalue weighted by Crippen LogP contribution is -2.42. The molecular weight excluding hydrogens is 1810 g/mol. The van der Waals surface area contributed by atoms with Crippen molar-refractivity contribution in [1.82, 2.24) is 0 Å². The van der Waals surface area contributed by atoms with Crippen LogP contribution in [0.3, 0.4) is 0 Å². The number of nitrogens with zero attached hydrogens (tertiary/aromatic N) is 1. The maximum Gasteiger partial charge on any atom is 0.419 e. The van der Waals surface area contributed by atoms with Gasteiger partial charge < -0.3 is 68.2 Å². The van der Waals surface area contributed by atoms with Gasteiger partial charge in [0.1, 0.15) is 73.7 Å². The third-order valence-corrected chi connectivity index (χ3v) is 24.8. The SMILES string of the molecule is CC1(C)CC(C)(C)c2cc(C(=O)O)cc(Br)c2O1.CC1(C)CC(C)(C)c2cc(C(=O)O)cc(C(F)(F)F)c2O1.CC1(C)CC(C)(C)c2cc(C(=O)O)cc([N+](=O)[O-])c2O1.CC1(C)CC(C)(C)c2cc(C(=O)O)ccc2O1.CC1(C)CC(C)(C)c2cc(C(=O)O)ccc2O1.COC(=O)c1cc(Br)c2c(c1)C(C)(C)CC(C)(C)O2.COC(=O)c1ccc2c(c1)C(C)(C)CC(C)(C)O2. The van der Waals surface area contributed by atoms with Crippen LogP contribution in [0.1, 0.15) is 356 Å². The third kappa shape index (κ3) is 24.9. The Labute approximate surface area is 776 Å². The Hall–Kier alpha value is -10.4. The molecule has 7 heterocycles. The van der Waals surface area contributed by atoms with Crippen molar-refractivity contribution >= 4 is 79.3 Å². The van der Waals surface area contributed by atoms with E-state index in [9.17, 15) is 56.8 Å². The topological polar surface area (TPSA) is 347 Å². The van der Waals surface area contributed by atoms with Crippen molar-refractivity contribution in [3.8, 4) is 40.2 Å². The molecule has 0 spiro atoms. The van der Waals surface area contributed by atoms with Gasteiger partial charge in [-0.15, -0.1) is 0 Å². The van der Waals surface area contributed by atoms with E-state index in [1.54, 1.807) is 88.4 Å². The zero-order valence-corrected chi connectivity index (χ0v) is 83.4. The van der Waals surface area contributed by atoms with Gasteiger partial charge in [-0.25, -0.2) is 33.6 Å². The molecule has 7 aromatic rings. The van der Waals surface area contributed by atoms with Crippen LogP contribution in [0.15, 0.2) is 112 Å². The second kappa shape index (κ2) is 36.6. The number of nitro benzene ring substituents is 1. The summed E-state index contributed by atoms with van der Waals surface area (Å²) in [6.45, 7) is 56.8. The largest absolute Gasteiger partial charge is 0.488 e. The van der Waals surface area contributed by atoms with Gasteiger partial charge in [-0.3, -0.25) is 10.1 Å². The number of carbonyl (C=O) groups is 7. The molecule has 0 atom stereocenters. The van der Waals surface area contributed by atoms with Crippen LogP contribution in [0.25, 0.3) is 0 Å². The first-order valence-corrected chi connectivity index (χ1v) is 44.3. The zero-order chi connectivity index (χ0) is 98.9. The maximum absolute atomic E-state index is 13.2. The Balaban J connectivity index is 0.000000187. The van der Waals surface area contributed by atoms with E-state index < -0.39 is 68.5 Å². The molecule has 14 rings (SSSR count). The number of hydrogen-bond donors (Lipinski definition) is 5. The van der Waals surface area contributed by atoms with Gasteiger partial charge in [0.2, 0.25) is 5.75 Å². The molecule has 0 radical (unpaired) electrons. The number of methoxy groups -OCH3 is 2. The highest BCUT2D eigenvalue weighted by atomic mass is 79.9. The second-order valence-corrected chi connectivity index (χ2v) is 45.0. The number of ether oxygens (including phenoxy) is 9. The number of nitro groups is 1. The molecule has 130 heavy (non-hydrogen) atoms. The fourth-order valence-electron chi connectivity index (χ4n) is 20.1. The minimum absolute atomic E-state index is 0.0128. The van der Waals surface area contributed by atoms with Gasteiger partial charge in [-0.05, 0) is 309 Å². The molecule has 7 aliphatic heterocycles. The van der Waals surface area contributed by atoms with Gasteiger partial charge in [-0.1, -0.05) is 96.9 Å². The number of esters is 2. The van der Waals surface area contributed by atoms with E-state index in [-0.39, 0.29) is 106 Å². The summed E-state index contributed by atoms with van der Waals surface area (Å²) in [6.07, 6.45) is 0.871. The predicted octanol–water partition coefficient (Wildman–Crippen LogP) is 25.2. The lowest BCUT2D eigenvalue weighted by atomic mass is 9.72. The molecule has 0 bridgehead atoms. The molecule has 0 aromatic heterocycles. The average Bonchev–Trinajstić information content (AvgIpc) is 0.740. The molecular formula is C101H126Br2F3NO23. The summed E-state index contributed by atoms with van der Waals surface area (Å²) in [5.74, 6) is -1.93. The average molecular weight is 1940 g/mol. The number of fused-ring (bicyclic) bond motifs is 7. The van der Waals surface area contributed by atoms with Crippen LogP contribution < -0.4 is 33.2 Å². The third-order valence-electron chi connectivity index (χ3n) is 23.6. The summed E-state index contributed by atoms with van der Waals surface area (Å²) in [5.41, 5.74) is 2.51. The van der Waals surface area contributed by atoms with Crippen LogP contribution in [0.5, 0.6) is 40.2 Å². The van der Waals surface area contributed by atoms with Crippen molar-refractivity contribution in [1.29, 1.82) is 0 Å². The molecule has 5 N–H and O–H groups in total. The molecule has 0 aliphatic carbocycles. The number of rotatable bonds is 8. The molecule has 0 unspecified atom stereocenters. The number of alkyl halides is 3. The standard InChI is InChI=1S/C15H19BrO3.C15H17F3O3.C15H20O3.C14H17BrO3.C14H17NO5.2C14H18O3/c1-14(2)8-15(3,4)19-12-10(14)6-9(7-11(12)16)13(17)18-5;1-13(2)7-14(3,4)21-11-9(13)5-8(12(19)20)6-10(11)15(16,17)18;1-14(2)9-15(3,4)18-12-7-6-10(8-11(12)14)13(16)17-5;1-13(2)7-14(3,4)18-11-9(13)5-8(12(16)17)6-10(11)15;1-13(2)7-14(3,4)20-11-9(13)5-8(12(16)17)6-10(11)15(18)19;2*1-13(2)8-14(3,4)17-11-6-5-9(12(15)16)7-10(11)13/h6-7H,8H2,1-5H3;5-6H,7H2,1-4H3,(H,19,20);6-8H,9H2,1-5H3;5-6H,7H2,1-4H3,(H,16,17);5-6H,7H2,1-4H3,(H,16,17);2*5-7H,8H2,1-4H3,(H,15,16). The van der Waals surface area contributed by atoms with Crippen molar-refractivity contribution in [2.45, 2.75) is 322 Å². The Morgan fingerprint density at radius 1 is 0.315 bits per heavy atom. The Bertz CT molecular complexity index is 5500. The van der Waals surface area contributed by atoms with Gasteiger partial charge >= 0.3 is 53.6 Å². The zero-order valence-electron chi connectivity index (χ0n) is 80.2. The fourth-order valence-corrected chi connectivity index (χ4v) is 21.2. The van der Waals surface area contributed by atoms with Crippen LogP contribution in [0.2, 0.25) is 0 Å². The Morgan fingerprint density at radius 2 is 0.538 bits per heavy atom. The number of aromatic carboxylic acids is 5. The first kappa shape index (κ1) is 105. The van der Waals surface area contributed by atoms with Gasteiger partial charge in [0.25, 0.3) is 0 Å². The van der Waals surface area contributed by atoms with Crippen molar-refractivity contribution in [3.63, 3.8) is 0 Å². The van der Waals surface area contributed by atoms with Gasteiger partial charge in [0, 0.05) is 45.0 Å². The molecule has 7 aromatic carbocycles. The number of carboxylic acids is 5. The highest BCUT2D eigenvalue weighted by Gasteiger charge is 2.50. The molecule has 0 saturated heterocycles. The summed E-state index contributed by atoms with van der Waals surface area (Å²) < 4.78 is 91.9. The molecule has 7 aliphatic rings. The summed E-state index contributed by atoms with van der Waals surface area (Å²) >= 11 is 6.92. The first-order valence-electron chi connectivity index (χ1n) is 42.7. The number of benzene rings is 7. The quantitative estimate of drug-likeness (QED) is 0.0536. The van der Waals surface area contributed by atoms with Crippen LogP contribution in [0.4, 0.5) is 18.9 Å². The van der Waals surface area contributed by atoms with E-state index in [1.165, 1.54) is 26.4 Å². The smallest absolute Gasteiger partial charge is 0.419 e. The first-order chi connectivity index (χ1) is 58.8. The second-order valence-electron chi connectivity index (χ2n) is 43.3. The Kier molecular flexibility index (Phi) is 29.6. The summed E-state index contributed by atoms with van der Waals surface area (Å²) in [4.78, 5) is 89.2. The molecule has 29 heteroatoms. The van der Waals surface area contributed by atoms with Crippen molar-refractivity contribution in [2.75, 3.05) is 14.2 Å².